The van der Waals surface area contributed by atoms with Gasteiger partial charge in [0.15, 0.2) is 0 Å². The van der Waals surface area contributed by atoms with E-state index in [0.717, 1.165) is 5.56 Å². The van der Waals surface area contributed by atoms with Crippen molar-refractivity contribution in [2.75, 3.05) is 0 Å². The van der Waals surface area contributed by atoms with Gasteiger partial charge in [0.1, 0.15) is 10.6 Å². The average Bonchev–Trinajstić information content (AvgIpc) is 2.47. The minimum Gasteiger partial charge on any atom is -0.379 e. The van der Waals surface area contributed by atoms with Gasteiger partial charge in [-0.1, -0.05) is 57.2 Å². The monoisotopic (exact) mass is 304 g/mol. The van der Waals surface area contributed by atoms with Crippen LogP contribution in [0.5, 0.6) is 5.75 Å². The van der Waals surface area contributed by atoms with Crippen molar-refractivity contribution in [3.63, 3.8) is 0 Å². The summed E-state index contributed by atoms with van der Waals surface area (Å²) in [6, 6.07) is 15.5. The Labute approximate surface area is 126 Å². The number of rotatable bonds is 5. The first kappa shape index (κ1) is 15.6. The number of hydrogen-bond donors (Lipinski definition) is 0. The molecule has 4 heteroatoms. The molecule has 0 spiro atoms. The van der Waals surface area contributed by atoms with E-state index < -0.39 is 10.1 Å². The minimum atomic E-state index is -3.80. The molecule has 21 heavy (non-hydrogen) atoms. The zero-order chi connectivity index (χ0) is 15.5. The molecular formula is C17H20O3S. The predicted octanol–water partition coefficient (Wildman–Crippen LogP) is 4.21. The van der Waals surface area contributed by atoms with Gasteiger partial charge in [-0.3, -0.25) is 0 Å². The molecule has 1 atom stereocenters. The van der Waals surface area contributed by atoms with Crippen LogP contribution in [0.4, 0.5) is 0 Å². The zero-order valence-electron chi connectivity index (χ0n) is 12.5. The topological polar surface area (TPSA) is 43.4 Å². The summed E-state index contributed by atoms with van der Waals surface area (Å²) in [7, 11) is -3.80. The third kappa shape index (κ3) is 3.64. The van der Waals surface area contributed by atoms with Crippen molar-refractivity contribution in [1.82, 2.24) is 0 Å². The summed E-state index contributed by atoms with van der Waals surface area (Å²) in [5.74, 6) is 1.02. The second kappa shape index (κ2) is 6.31. The summed E-state index contributed by atoms with van der Waals surface area (Å²) < 4.78 is 30.0. The Morgan fingerprint density at radius 3 is 2.05 bits per heavy atom. The molecule has 0 heterocycles. The van der Waals surface area contributed by atoms with Crippen LogP contribution >= 0.6 is 0 Å². The lowest BCUT2D eigenvalue weighted by atomic mass is 9.90. The van der Waals surface area contributed by atoms with Crippen LogP contribution in [0.15, 0.2) is 59.5 Å². The number of hydrogen-bond acceptors (Lipinski definition) is 3. The van der Waals surface area contributed by atoms with E-state index in [-0.39, 0.29) is 10.8 Å². The summed E-state index contributed by atoms with van der Waals surface area (Å²) >= 11 is 0. The van der Waals surface area contributed by atoms with Gasteiger partial charge >= 0.3 is 10.1 Å². The molecule has 2 rings (SSSR count). The van der Waals surface area contributed by atoms with Crippen molar-refractivity contribution >= 4 is 10.1 Å². The highest BCUT2D eigenvalue weighted by atomic mass is 32.2. The molecule has 2 aromatic rings. The van der Waals surface area contributed by atoms with E-state index >= 15 is 0 Å². The van der Waals surface area contributed by atoms with Gasteiger partial charge in [-0.2, -0.15) is 8.42 Å². The van der Waals surface area contributed by atoms with Gasteiger partial charge in [-0.15, -0.1) is 0 Å². The largest absolute Gasteiger partial charge is 0.379 e. The molecule has 2 aromatic carbocycles. The van der Waals surface area contributed by atoms with E-state index in [4.69, 9.17) is 4.18 Å². The average molecular weight is 304 g/mol. The Bertz CT molecular complexity index is 691. The van der Waals surface area contributed by atoms with Gasteiger partial charge in [0.05, 0.1) is 0 Å². The van der Waals surface area contributed by atoms with E-state index in [0.29, 0.717) is 11.7 Å². The Balaban J connectivity index is 2.37. The summed E-state index contributed by atoms with van der Waals surface area (Å²) in [6.07, 6.45) is 0. The summed E-state index contributed by atoms with van der Waals surface area (Å²) in [6.45, 7) is 6.28. The molecule has 0 saturated carbocycles. The van der Waals surface area contributed by atoms with Crippen molar-refractivity contribution < 1.29 is 12.6 Å². The molecule has 0 amide bonds. The van der Waals surface area contributed by atoms with Gasteiger partial charge in [-0.05, 0) is 35.6 Å². The van der Waals surface area contributed by atoms with Gasteiger partial charge in [0.2, 0.25) is 0 Å². The second-order valence-electron chi connectivity index (χ2n) is 5.42. The Morgan fingerprint density at radius 2 is 1.43 bits per heavy atom. The first-order valence-corrected chi connectivity index (χ1v) is 8.41. The van der Waals surface area contributed by atoms with Crippen molar-refractivity contribution in [3.05, 3.63) is 60.2 Å². The fraction of sp³-hybridized carbons (Fsp3) is 0.294. The summed E-state index contributed by atoms with van der Waals surface area (Å²) in [5, 5.41) is 0. The third-order valence-corrected chi connectivity index (χ3v) is 4.89. The van der Waals surface area contributed by atoms with Crippen LogP contribution in [0.2, 0.25) is 0 Å². The molecule has 3 nitrogen and oxygen atoms in total. The van der Waals surface area contributed by atoms with Crippen LogP contribution in [0, 0.1) is 5.92 Å². The second-order valence-corrected chi connectivity index (χ2v) is 6.97. The van der Waals surface area contributed by atoms with E-state index in [9.17, 15) is 8.42 Å². The maximum absolute atomic E-state index is 12.3. The minimum absolute atomic E-state index is 0.164. The van der Waals surface area contributed by atoms with Crippen molar-refractivity contribution in [3.8, 4) is 5.75 Å². The highest BCUT2D eigenvalue weighted by Gasteiger charge is 2.21. The molecular weight excluding hydrogens is 284 g/mol. The molecule has 1 unspecified atom stereocenters. The standard InChI is InChI=1S/C17H20O3S/c1-13(2)14(3)16-11-7-8-12-17(16)20-21(18,19)15-9-5-4-6-10-15/h4-14H,1-3H3. The predicted molar refractivity (Wildman–Crippen MR) is 84.0 cm³/mol. The Morgan fingerprint density at radius 1 is 0.857 bits per heavy atom. The van der Waals surface area contributed by atoms with Crippen LogP contribution in [-0.2, 0) is 10.1 Å². The molecule has 0 saturated heterocycles. The lowest BCUT2D eigenvalue weighted by molar-refractivity contribution is 0.468. The van der Waals surface area contributed by atoms with E-state index in [2.05, 4.69) is 20.8 Å². The van der Waals surface area contributed by atoms with Crippen molar-refractivity contribution in [1.29, 1.82) is 0 Å². The molecule has 0 radical (unpaired) electrons. The normalized spacial score (nSPS) is 13.1. The van der Waals surface area contributed by atoms with E-state index in [1.165, 1.54) is 12.1 Å². The van der Waals surface area contributed by atoms with Crippen LogP contribution in [0.25, 0.3) is 0 Å². The number of para-hydroxylation sites is 1. The number of benzene rings is 2. The third-order valence-electron chi connectivity index (χ3n) is 3.64. The lowest BCUT2D eigenvalue weighted by Crippen LogP contribution is -2.12. The molecule has 0 aliphatic heterocycles. The van der Waals surface area contributed by atoms with Crippen LogP contribution in [0.3, 0.4) is 0 Å². The Kier molecular flexibility index (Phi) is 4.68. The first-order chi connectivity index (χ1) is 9.92. The molecule has 0 fully saturated rings. The van der Waals surface area contributed by atoms with Crippen molar-refractivity contribution in [2.24, 2.45) is 5.92 Å². The highest BCUT2D eigenvalue weighted by molar-refractivity contribution is 7.87. The maximum atomic E-state index is 12.3. The zero-order valence-corrected chi connectivity index (χ0v) is 13.3. The van der Waals surface area contributed by atoms with Gasteiger partial charge in [0.25, 0.3) is 0 Å². The van der Waals surface area contributed by atoms with E-state index in [1.54, 1.807) is 30.3 Å². The quantitative estimate of drug-likeness (QED) is 0.777. The lowest BCUT2D eigenvalue weighted by Gasteiger charge is -2.19. The van der Waals surface area contributed by atoms with Crippen LogP contribution in [-0.4, -0.2) is 8.42 Å². The van der Waals surface area contributed by atoms with Gasteiger partial charge < -0.3 is 4.18 Å². The van der Waals surface area contributed by atoms with Crippen molar-refractivity contribution in [2.45, 2.75) is 31.6 Å². The van der Waals surface area contributed by atoms with Gasteiger partial charge in [0, 0.05) is 0 Å². The molecule has 0 aliphatic rings. The summed E-state index contributed by atoms with van der Waals surface area (Å²) in [5.41, 5.74) is 0.909. The molecule has 0 bridgehead atoms. The fourth-order valence-electron chi connectivity index (χ4n) is 2.05. The molecule has 0 N–H and O–H groups in total. The molecule has 0 aromatic heterocycles. The smallest absolute Gasteiger partial charge is 0.339 e. The Hall–Kier alpha value is -1.81. The van der Waals surface area contributed by atoms with E-state index in [1.807, 2.05) is 12.1 Å². The fourth-order valence-corrected chi connectivity index (χ4v) is 3.02. The molecule has 112 valence electrons. The first-order valence-electron chi connectivity index (χ1n) is 7.00. The van der Waals surface area contributed by atoms with Gasteiger partial charge in [-0.25, -0.2) is 0 Å². The van der Waals surface area contributed by atoms with Crippen LogP contribution < -0.4 is 4.18 Å². The van der Waals surface area contributed by atoms with Crippen LogP contribution in [0.1, 0.15) is 32.3 Å². The summed E-state index contributed by atoms with van der Waals surface area (Å²) in [4.78, 5) is 0.164. The molecule has 0 aliphatic carbocycles. The SMILES string of the molecule is CC(C)C(C)c1ccccc1OS(=O)(=O)c1ccccc1. The maximum Gasteiger partial charge on any atom is 0.339 e. The highest BCUT2D eigenvalue weighted by Crippen LogP contribution is 2.32.